The summed E-state index contributed by atoms with van der Waals surface area (Å²) in [6.07, 6.45) is 5.59. The van der Waals surface area contributed by atoms with E-state index in [1.807, 2.05) is 6.92 Å². The molecule has 0 saturated heterocycles. The monoisotopic (exact) mass is 205 g/mol. The average molecular weight is 205 g/mol. The molecule has 0 amide bonds. The zero-order valence-electron chi connectivity index (χ0n) is 9.03. The second-order valence-corrected chi connectivity index (χ2v) is 4.19. The van der Waals surface area contributed by atoms with E-state index in [-0.39, 0.29) is 11.5 Å². The van der Waals surface area contributed by atoms with Crippen LogP contribution >= 0.6 is 0 Å². The summed E-state index contributed by atoms with van der Waals surface area (Å²) in [4.78, 5) is 10.7. The van der Waals surface area contributed by atoms with E-state index in [0.29, 0.717) is 5.92 Å². The number of hydrogen-bond donors (Lipinski definition) is 1. The van der Waals surface area contributed by atoms with Gasteiger partial charge in [0.1, 0.15) is 11.6 Å². The molecule has 0 fully saturated rings. The summed E-state index contributed by atoms with van der Waals surface area (Å²) in [6, 6.07) is 1.72. The molecule has 2 unspecified atom stereocenters. The maximum absolute atomic E-state index is 10.7. The lowest BCUT2D eigenvalue weighted by Gasteiger charge is -2.22. The van der Waals surface area contributed by atoms with Gasteiger partial charge in [0.2, 0.25) is 0 Å². The molecule has 2 atom stereocenters. The summed E-state index contributed by atoms with van der Waals surface area (Å²) in [7, 11) is 0. The van der Waals surface area contributed by atoms with Crippen molar-refractivity contribution in [2.75, 3.05) is 0 Å². The summed E-state index contributed by atoms with van der Waals surface area (Å²) in [5.41, 5.74) is 1.14. The van der Waals surface area contributed by atoms with Gasteiger partial charge < -0.3 is 5.11 Å². The standard InChI is InChI=1S/C12H15NO2/c1-8-3-9(2)5-10(4-8)6-11(7-13)12(14)15/h3,6,8,10H,4-5H2,1-2H3,(H,14,15)/b11-6-. The number of aliphatic carboxylic acids is 1. The van der Waals surface area contributed by atoms with Crippen LogP contribution in [-0.2, 0) is 4.79 Å². The third-order valence-corrected chi connectivity index (χ3v) is 2.58. The molecule has 1 N–H and O–H groups in total. The summed E-state index contributed by atoms with van der Waals surface area (Å²) < 4.78 is 0. The van der Waals surface area contributed by atoms with Gasteiger partial charge >= 0.3 is 5.97 Å². The highest BCUT2D eigenvalue weighted by atomic mass is 16.4. The smallest absolute Gasteiger partial charge is 0.346 e. The summed E-state index contributed by atoms with van der Waals surface area (Å²) in [6.45, 7) is 4.15. The Hall–Kier alpha value is -1.56. The predicted octanol–water partition coefficient (Wildman–Crippen LogP) is 2.51. The van der Waals surface area contributed by atoms with Crippen LogP contribution in [0.5, 0.6) is 0 Å². The van der Waals surface area contributed by atoms with Crippen LogP contribution in [0.15, 0.2) is 23.3 Å². The van der Waals surface area contributed by atoms with Crippen molar-refractivity contribution in [1.29, 1.82) is 5.26 Å². The SMILES string of the molecule is CC1=CC(C)CC(/C=C(/C#N)C(=O)O)C1. The number of carboxylic acids is 1. The minimum atomic E-state index is -1.13. The minimum absolute atomic E-state index is 0.137. The number of hydrogen-bond acceptors (Lipinski definition) is 2. The molecular formula is C12H15NO2. The first-order chi connectivity index (χ1) is 7.02. The van der Waals surface area contributed by atoms with Crippen molar-refractivity contribution in [3.05, 3.63) is 23.3 Å². The quantitative estimate of drug-likeness (QED) is 0.428. The molecule has 0 saturated carbocycles. The number of nitriles is 1. The van der Waals surface area contributed by atoms with Gasteiger partial charge in [0.25, 0.3) is 0 Å². The van der Waals surface area contributed by atoms with Gasteiger partial charge in [-0.2, -0.15) is 5.26 Å². The van der Waals surface area contributed by atoms with E-state index in [0.717, 1.165) is 12.8 Å². The topological polar surface area (TPSA) is 61.1 Å². The van der Waals surface area contributed by atoms with Crippen molar-refractivity contribution in [2.24, 2.45) is 11.8 Å². The Morgan fingerprint density at radius 3 is 2.87 bits per heavy atom. The summed E-state index contributed by atoms with van der Waals surface area (Å²) in [5.74, 6) is -0.471. The molecule has 15 heavy (non-hydrogen) atoms. The molecule has 0 aromatic carbocycles. The van der Waals surface area contributed by atoms with Crippen molar-refractivity contribution < 1.29 is 9.90 Å². The van der Waals surface area contributed by atoms with Gasteiger partial charge in [-0.3, -0.25) is 0 Å². The lowest BCUT2D eigenvalue weighted by atomic mass is 9.83. The summed E-state index contributed by atoms with van der Waals surface area (Å²) >= 11 is 0. The first kappa shape index (κ1) is 11.5. The van der Waals surface area contributed by atoms with Crippen molar-refractivity contribution in [3.8, 4) is 6.07 Å². The van der Waals surface area contributed by atoms with Gasteiger partial charge in [-0.1, -0.05) is 24.6 Å². The lowest BCUT2D eigenvalue weighted by Crippen LogP contribution is -2.11. The number of carboxylic acid groups (broad SMARTS) is 1. The first-order valence-electron chi connectivity index (χ1n) is 5.05. The molecule has 0 aliphatic heterocycles. The zero-order valence-corrected chi connectivity index (χ0v) is 9.03. The molecule has 1 rings (SSSR count). The van der Waals surface area contributed by atoms with E-state index in [2.05, 4.69) is 13.0 Å². The number of carbonyl (C=O) groups is 1. The van der Waals surface area contributed by atoms with E-state index < -0.39 is 5.97 Å². The Labute approximate surface area is 89.7 Å². The fraction of sp³-hybridized carbons (Fsp3) is 0.500. The van der Waals surface area contributed by atoms with Gasteiger partial charge in [0, 0.05) is 0 Å². The largest absolute Gasteiger partial charge is 0.477 e. The maximum atomic E-state index is 10.7. The third-order valence-electron chi connectivity index (χ3n) is 2.58. The van der Waals surface area contributed by atoms with E-state index >= 15 is 0 Å². The van der Waals surface area contributed by atoms with Crippen molar-refractivity contribution in [1.82, 2.24) is 0 Å². The van der Waals surface area contributed by atoms with Crippen molar-refractivity contribution in [2.45, 2.75) is 26.7 Å². The van der Waals surface area contributed by atoms with Crippen LogP contribution in [0, 0.1) is 23.2 Å². The lowest BCUT2D eigenvalue weighted by molar-refractivity contribution is -0.132. The van der Waals surface area contributed by atoms with Gasteiger partial charge in [0.15, 0.2) is 0 Å². The molecule has 0 bridgehead atoms. The Kier molecular flexibility index (Phi) is 3.68. The Morgan fingerprint density at radius 1 is 1.73 bits per heavy atom. The molecule has 0 aromatic rings. The van der Waals surface area contributed by atoms with Crippen LogP contribution in [0.1, 0.15) is 26.7 Å². The second kappa shape index (κ2) is 4.79. The van der Waals surface area contributed by atoms with Crippen LogP contribution in [0.25, 0.3) is 0 Å². The van der Waals surface area contributed by atoms with E-state index in [1.54, 1.807) is 12.1 Å². The number of allylic oxidation sites excluding steroid dienone is 3. The van der Waals surface area contributed by atoms with E-state index in [4.69, 9.17) is 10.4 Å². The normalized spacial score (nSPS) is 26.7. The van der Waals surface area contributed by atoms with Crippen LogP contribution in [0.2, 0.25) is 0 Å². The Morgan fingerprint density at radius 2 is 2.40 bits per heavy atom. The second-order valence-electron chi connectivity index (χ2n) is 4.19. The summed E-state index contributed by atoms with van der Waals surface area (Å²) in [5, 5.41) is 17.4. The van der Waals surface area contributed by atoms with Gasteiger partial charge in [-0.25, -0.2) is 4.79 Å². The Bertz CT molecular complexity index is 360. The Balaban J connectivity index is 2.80. The van der Waals surface area contributed by atoms with E-state index in [1.165, 1.54) is 5.57 Å². The number of nitrogens with zero attached hydrogens (tertiary/aromatic N) is 1. The molecule has 0 heterocycles. The zero-order chi connectivity index (χ0) is 11.4. The van der Waals surface area contributed by atoms with Gasteiger partial charge in [-0.05, 0) is 31.6 Å². The third kappa shape index (κ3) is 3.25. The van der Waals surface area contributed by atoms with Crippen molar-refractivity contribution in [3.63, 3.8) is 0 Å². The molecule has 1 aliphatic carbocycles. The molecule has 0 aromatic heterocycles. The highest BCUT2D eigenvalue weighted by molar-refractivity contribution is 5.91. The maximum Gasteiger partial charge on any atom is 0.346 e. The molecule has 0 spiro atoms. The minimum Gasteiger partial charge on any atom is -0.477 e. The predicted molar refractivity (Wildman–Crippen MR) is 57.0 cm³/mol. The fourth-order valence-corrected chi connectivity index (χ4v) is 2.12. The molecule has 1 aliphatic rings. The van der Waals surface area contributed by atoms with Crippen LogP contribution < -0.4 is 0 Å². The van der Waals surface area contributed by atoms with Crippen LogP contribution in [0.3, 0.4) is 0 Å². The fourth-order valence-electron chi connectivity index (χ4n) is 2.12. The highest BCUT2D eigenvalue weighted by Gasteiger charge is 2.18. The van der Waals surface area contributed by atoms with Gasteiger partial charge in [0.05, 0.1) is 0 Å². The average Bonchev–Trinajstić information content (AvgIpc) is 2.12. The molecule has 80 valence electrons. The van der Waals surface area contributed by atoms with Crippen LogP contribution in [-0.4, -0.2) is 11.1 Å². The molecular weight excluding hydrogens is 190 g/mol. The number of rotatable bonds is 2. The van der Waals surface area contributed by atoms with Gasteiger partial charge in [-0.15, -0.1) is 0 Å². The van der Waals surface area contributed by atoms with Crippen molar-refractivity contribution >= 4 is 5.97 Å². The van der Waals surface area contributed by atoms with Crippen LogP contribution in [0.4, 0.5) is 0 Å². The molecule has 3 heteroatoms. The molecule has 0 radical (unpaired) electrons. The molecule has 3 nitrogen and oxygen atoms in total. The first-order valence-corrected chi connectivity index (χ1v) is 5.05. The van der Waals surface area contributed by atoms with E-state index in [9.17, 15) is 4.79 Å². The highest BCUT2D eigenvalue weighted by Crippen LogP contribution is 2.29.